The van der Waals surface area contributed by atoms with Gasteiger partial charge in [-0.1, -0.05) is 0 Å². The summed E-state index contributed by atoms with van der Waals surface area (Å²) in [6, 6.07) is 0. The maximum Gasteiger partial charge on any atom is 0.340 e. The van der Waals surface area contributed by atoms with E-state index in [1.54, 1.807) is 0 Å². The molecule has 0 atom stereocenters. The zero-order valence-electron chi connectivity index (χ0n) is 9.05. The largest absolute Gasteiger partial charge is 0.494 e. The second kappa shape index (κ2) is 4.42. The maximum absolute atomic E-state index is 11.9. The van der Waals surface area contributed by atoms with Gasteiger partial charge < -0.3 is 9.84 Å². The zero-order valence-corrected chi connectivity index (χ0v) is 10.7. The van der Waals surface area contributed by atoms with E-state index in [0.29, 0.717) is 0 Å². The van der Waals surface area contributed by atoms with Gasteiger partial charge in [-0.25, -0.2) is 13.2 Å². The van der Waals surface area contributed by atoms with Gasteiger partial charge in [0.25, 0.3) is 0 Å². The molecular formula is C9H12O5S2. The molecule has 0 bridgehead atoms. The van der Waals surface area contributed by atoms with Crippen molar-refractivity contribution in [2.75, 3.05) is 7.11 Å². The maximum atomic E-state index is 11.9. The van der Waals surface area contributed by atoms with Crippen molar-refractivity contribution in [1.29, 1.82) is 0 Å². The van der Waals surface area contributed by atoms with E-state index in [0.717, 1.165) is 11.3 Å². The van der Waals surface area contributed by atoms with Crippen molar-refractivity contribution in [2.45, 2.75) is 23.3 Å². The molecule has 0 aliphatic heterocycles. The fourth-order valence-electron chi connectivity index (χ4n) is 1.08. The van der Waals surface area contributed by atoms with Gasteiger partial charge in [0, 0.05) is 5.38 Å². The van der Waals surface area contributed by atoms with Gasteiger partial charge in [0.1, 0.15) is 5.56 Å². The van der Waals surface area contributed by atoms with Crippen molar-refractivity contribution in [3.05, 3.63) is 10.9 Å². The van der Waals surface area contributed by atoms with E-state index in [-0.39, 0.29) is 15.5 Å². The van der Waals surface area contributed by atoms with Gasteiger partial charge >= 0.3 is 5.97 Å². The van der Waals surface area contributed by atoms with Crippen molar-refractivity contribution in [3.8, 4) is 5.75 Å². The van der Waals surface area contributed by atoms with Crippen LogP contribution in [-0.2, 0) is 9.84 Å². The monoisotopic (exact) mass is 264 g/mol. The highest BCUT2D eigenvalue weighted by atomic mass is 32.2. The summed E-state index contributed by atoms with van der Waals surface area (Å²) in [7, 11) is -2.24. The first-order chi connectivity index (χ1) is 7.32. The van der Waals surface area contributed by atoms with Crippen LogP contribution in [0.2, 0.25) is 0 Å². The van der Waals surface area contributed by atoms with Crippen molar-refractivity contribution in [1.82, 2.24) is 0 Å². The Balaban J connectivity index is 3.43. The van der Waals surface area contributed by atoms with Crippen molar-refractivity contribution < 1.29 is 23.1 Å². The van der Waals surface area contributed by atoms with Crippen LogP contribution in [0.4, 0.5) is 0 Å². The number of sulfone groups is 1. The van der Waals surface area contributed by atoms with Crippen LogP contribution < -0.4 is 4.74 Å². The van der Waals surface area contributed by atoms with Gasteiger partial charge in [-0.2, -0.15) is 0 Å². The summed E-state index contributed by atoms with van der Waals surface area (Å²) in [4.78, 5) is 10.8. The van der Waals surface area contributed by atoms with E-state index in [4.69, 9.17) is 9.84 Å². The summed E-state index contributed by atoms with van der Waals surface area (Å²) in [5.41, 5.74) is -0.119. The SMILES string of the molecule is COc1c(C(=O)O)csc1S(=O)(=O)C(C)C. The Labute approximate surface area is 97.6 Å². The molecule has 1 N–H and O–H groups in total. The van der Waals surface area contributed by atoms with Crippen LogP contribution >= 0.6 is 11.3 Å². The molecule has 0 aliphatic rings. The Hall–Kier alpha value is -1.08. The Morgan fingerprint density at radius 3 is 2.44 bits per heavy atom. The minimum atomic E-state index is -3.50. The predicted octanol–water partition coefficient (Wildman–Crippen LogP) is 1.64. The third-order valence-electron chi connectivity index (χ3n) is 2.03. The summed E-state index contributed by atoms with van der Waals surface area (Å²) in [6.45, 7) is 3.07. The molecule has 1 aromatic heterocycles. The van der Waals surface area contributed by atoms with Crippen LogP contribution in [0.15, 0.2) is 9.59 Å². The lowest BCUT2D eigenvalue weighted by atomic mass is 10.3. The third kappa shape index (κ3) is 2.05. The molecule has 7 heteroatoms. The van der Waals surface area contributed by atoms with Gasteiger partial charge in [0.15, 0.2) is 19.8 Å². The van der Waals surface area contributed by atoms with Gasteiger partial charge in [0.2, 0.25) is 0 Å². The molecule has 0 amide bonds. The number of aromatic carboxylic acids is 1. The first-order valence-corrected chi connectivity index (χ1v) is 6.87. The molecule has 0 aromatic carbocycles. The summed E-state index contributed by atoms with van der Waals surface area (Å²) in [5.74, 6) is -1.27. The molecule has 16 heavy (non-hydrogen) atoms. The highest BCUT2D eigenvalue weighted by Crippen LogP contribution is 2.36. The van der Waals surface area contributed by atoms with Gasteiger partial charge in [-0.05, 0) is 13.8 Å². The number of carboxylic acids is 1. The fraction of sp³-hybridized carbons (Fsp3) is 0.444. The van der Waals surface area contributed by atoms with E-state index in [9.17, 15) is 13.2 Å². The standard InChI is InChI=1S/C9H12O5S2/c1-5(2)16(12,13)9-7(14-3)6(4-15-9)8(10)11/h4-5H,1-3H3,(H,10,11). The number of hydrogen-bond donors (Lipinski definition) is 1. The van der Waals surface area contributed by atoms with E-state index in [2.05, 4.69) is 0 Å². The first kappa shape index (κ1) is 13.0. The Morgan fingerprint density at radius 2 is 2.06 bits per heavy atom. The number of rotatable bonds is 4. The molecule has 0 aliphatic carbocycles. The topological polar surface area (TPSA) is 80.7 Å². The van der Waals surface area contributed by atoms with E-state index < -0.39 is 21.1 Å². The molecule has 0 radical (unpaired) electrons. The number of methoxy groups -OCH3 is 1. The Morgan fingerprint density at radius 1 is 1.50 bits per heavy atom. The molecule has 5 nitrogen and oxygen atoms in total. The second-order valence-electron chi connectivity index (χ2n) is 3.37. The number of hydrogen-bond acceptors (Lipinski definition) is 5. The van der Waals surface area contributed by atoms with Gasteiger partial charge in [0.05, 0.1) is 12.4 Å². The lowest BCUT2D eigenvalue weighted by Gasteiger charge is -2.07. The molecule has 1 heterocycles. The quantitative estimate of drug-likeness (QED) is 0.894. The normalized spacial score (nSPS) is 11.8. The molecule has 90 valence electrons. The fourth-order valence-corrected chi connectivity index (χ4v) is 3.95. The van der Waals surface area contributed by atoms with E-state index >= 15 is 0 Å². The van der Waals surface area contributed by atoms with Crippen molar-refractivity contribution >= 4 is 27.1 Å². The van der Waals surface area contributed by atoms with Crippen molar-refractivity contribution in [2.24, 2.45) is 0 Å². The highest BCUT2D eigenvalue weighted by molar-refractivity contribution is 7.94. The molecule has 0 saturated carbocycles. The van der Waals surface area contributed by atoms with E-state index in [1.807, 2.05) is 0 Å². The van der Waals surface area contributed by atoms with Crippen LogP contribution in [0.25, 0.3) is 0 Å². The number of ether oxygens (including phenoxy) is 1. The summed E-state index contributed by atoms with van der Waals surface area (Å²) >= 11 is 0.871. The summed E-state index contributed by atoms with van der Waals surface area (Å²) in [6.07, 6.45) is 0. The lowest BCUT2D eigenvalue weighted by molar-refractivity contribution is 0.0693. The Bertz CT molecular complexity index is 498. The van der Waals surface area contributed by atoms with Crippen LogP contribution in [-0.4, -0.2) is 31.9 Å². The van der Waals surface area contributed by atoms with Crippen molar-refractivity contribution in [3.63, 3.8) is 0 Å². The number of carbonyl (C=O) groups is 1. The molecular weight excluding hydrogens is 252 g/mol. The molecule has 1 rings (SSSR count). The number of thiophene rings is 1. The summed E-state index contributed by atoms with van der Waals surface area (Å²) in [5, 5.41) is 9.51. The third-order valence-corrected chi connectivity index (χ3v) is 5.71. The minimum absolute atomic E-state index is 0.0256. The average molecular weight is 264 g/mol. The highest BCUT2D eigenvalue weighted by Gasteiger charge is 2.29. The first-order valence-electron chi connectivity index (χ1n) is 4.45. The van der Waals surface area contributed by atoms with E-state index in [1.165, 1.54) is 26.3 Å². The smallest absolute Gasteiger partial charge is 0.340 e. The summed E-state index contributed by atoms with van der Waals surface area (Å²) < 4.78 is 28.6. The minimum Gasteiger partial charge on any atom is -0.494 e. The lowest BCUT2D eigenvalue weighted by Crippen LogP contribution is -2.13. The van der Waals surface area contributed by atoms with Gasteiger partial charge in [-0.3, -0.25) is 0 Å². The molecule has 1 aromatic rings. The second-order valence-corrected chi connectivity index (χ2v) is 6.95. The Kier molecular flexibility index (Phi) is 3.59. The van der Waals surface area contributed by atoms with Crippen LogP contribution in [0, 0.1) is 0 Å². The molecule has 0 saturated heterocycles. The van der Waals surface area contributed by atoms with Crippen LogP contribution in [0.3, 0.4) is 0 Å². The van der Waals surface area contributed by atoms with Crippen LogP contribution in [0.1, 0.15) is 24.2 Å². The average Bonchev–Trinajstić information content (AvgIpc) is 2.60. The molecule has 0 unspecified atom stereocenters. The molecule has 0 fully saturated rings. The van der Waals surface area contributed by atoms with Gasteiger partial charge in [-0.15, -0.1) is 11.3 Å². The number of carboxylic acid groups (broad SMARTS) is 1. The predicted molar refractivity (Wildman–Crippen MR) is 60.2 cm³/mol. The van der Waals surface area contributed by atoms with Crippen LogP contribution in [0.5, 0.6) is 5.75 Å². The zero-order chi connectivity index (χ0) is 12.5. The molecule has 0 spiro atoms.